The molecule has 2 atom stereocenters. The van der Waals surface area contributed by atoms with Crippen molar-refractivity contribution in [3.05, 3.63) is 84.9 Å². The molecule has 250 valence electrons. The Bertz CT molecular complexity index is 1420. The van der Waals surface area contributed by atoms with Gasteiger partial charge in [0.05, 0.1) is 33.4 Å². The summed E-state index contributed by atoms with van der Waals surface area (Å²) in [7, 11) is -4.42. The van der Waals surface area contributed by atoms with Crippen molar-refractivity contribution in [2.75, 3.05) is 12.4 Å². The van der Waals surface area contributed by atoms with E-state index in [1.165, 1.54) is 66.1 Å². The van der Waals surface area contributed by atoms with Crippen LogP contribution in [0.3, 0.4) is 0 Å². The van der Waals surface area contributed by atoms with E-state index < -0.39 is 21.3 Å². The number of fused-ring (bicyclic) bond motifs is 2. The molecule has 0 heterocycles. The number of Topliss-reactive ketones (excluding diaryl/α,β-unsaturated/α-hetero) is 1. The Kier molecular flexibility index (Phi) is 13.4. The molecule has 2 unspecified atom stereocenters. The smallest absolute Gasteiger partial charge is 0.166 e. The average molecular weight is 665 g/mol. The van der Waals surface area contributed by atoms with Gasteiger partial charge in [-0.05, 0) is 79.1 Å². The summed E-state index contributed by atoms with van der Waals surface area (Å²) in [5, 5.41) is 0. The van der Waals surface area contributed by atoms with Crippen LogP contribution in [0, 0.1) is 16.7 Å². The van der Waals surface area contributed by atoms with Gasteiger partial charge in [-0.1, -0.05) is 109 Å². The summed E-state index contributed by atoms with van der Waals surface area (Å²) in [6.07, 6.45) is 13.9. The molecule has 2 aliphatic carbocycles. The Labute approximate surface area is 280 Å². The molecule has 0 N–H and O–H groups in total. The fourth-order valence-corrected chi connectivity index (χ4v) is 10.6. The molecule has 0 radical (unpaired) electrons. The summed E-state index contributed by atoms with van der Waals surface area (Å²) >= 11 is 0. The normalized spacial score (nSPS) is 20.0. The van der Waals surface area contributed by atoms with Crippen molar-refractivity contribution in [3.63, 3.8) is 0 Å². The Hall–Kier alpha value is -2.61. The second kappa shape index (κ2) is 17.0. The van der Waals surface area contributed by atoms with Gasteiger partial charge in [0.2, 0.25) is 0 Å². The maximum atomic E-state index is 11.8. The Morgan fingerprint density at radius 1 is 0.761 bits per heavy atom. The lowest BCUT2D eigenvalue weighted by Gasteiger charge is -2.37. The topological polar surface area (TPSA) is 83.5 Å². The van der Waals surface area contributed by atoms with E-state index in [0.29, 0.717) is 12.8 Å². The van der Waals surface area contributed by atoms with Gasteiger partial charge in [0.15, 0.2) is 14.7 Å². The van der Waals surface area contributed by atoms with E-state index in [9.17, 15) is 17.8 Å². The molecule has 46 heavy (non-hydrogen) atoms. The molecule has 0 aromatic heterocycles. The number of rotatable bonds is 16. The molecule has 3 aromatic carbocycles. The molecule has 0 spiro atoms. The minimum absolute atomic E-state index is 0.0248. The predicted octanol–water partition coefficient (Wildman–Crippen LogP) is 9.62. The quantitative estimate of drug-likeness (QED) is 0.0865. The summed E-state index contributed by atoms with van der Waals surface area (Å²) < 4.78 is 38.7. The summed E-state index contributed by atoms with van der Waals surface area (Å²) in [5.74, 6) is 0.699. The number of hydrogen-bond acceptors (Lipinski definition) is 5. The average Bonchev–Trinajstić information content (AvgIpc) is 3.38. The van der Waals surface area contributed by atoms with Crippen molar-refractivity contribution < 1.29 is 22.5 Å². The molecule has 2 saturated carbocycles. The van der Waals surface area contributed by atoms with Crippen LogP contribution in [0.2, 0.25) is 0 Å². The summed E-state index contributed by atoms with van der Waals surface area (Å²) in [6, 6.07) is 30.3. The van der Waals surface area contributed by atoms with Crippen LogP contribution in [0.25, 0.3) is 0 Å². The zero-order valence-corrected chi connectivity index (χ0v) is 29.6. The number of carbonyl (C=O) groups excluding carboxylic acids is 1. The van der Waals surface area contributed by atoms with Gasteiger partial charge >= 0.3 is 0 Å². The van der Waals surface area contributed by atoms with E-state index in [4.69, 9.17) is 4.74 Å². The van der Waals surface area contributed by atoms with E-state index >= 15 is 0 Å². The lowest BCUT2D eigenvalue weighted by molar-refractivity contribution is -0.128. The molecule has 3 aromatic rings. The van der Waals surface area contributed by atoms with Gasteiger partial charge in [-0.3, -0.25) is 4.79 Å². The number of ketones is 1. The van der Waals surface area contributed by atoms with Gasteiger partial charge in [0.25, 0.3) is 0 Å². The van der Waals surface area contributed by atoms with Gasteiger partial charge < -0.3 is 9.29 Å². The second-order valence-electron chi connectivity index (χ2n) is 13.4. The number of ether oxygens (including phenoxy) is 1. The van der Waals surface area contributed by atoms with Crippen LogP contribution in [0.4, 0.5) is 0 Å². The first kappa shape index (κ1) is 36.2. The first-order chi connectivity index (χ1) is 22.1. The van der Waals surface area contributed by atoms with Gasteiger partial charge in [-0.15, -0.1) is 0 Å². The van der Waals surface area contributed by atoms with Gasteiger partial charge in [0, 0.05) is 11.8 Å². The van der Waals surface area contributed by atoms with Crippen molar-refractivity contribution in [3.8, 4) is 5.75 Å². The van der Waals surface area contributed by atoms with Crippen LogP contribution < -0.4 is 4.74 Å². The van der Waals surface area contributed by atoms with Gasteiger partial charge in [0.1, 0.15) is 11.5 Å². The van der Waals surface area contributed by atoms with Crippen LogP contribution in [0.1, 0.15) is 97.8 Å². The highest BCUT2D eigenvalue weighted by atomic mass is 32.2. The maximum absolute atomic E-state index is 11.8. The van der Waals surface area contributed by atoms with E-state index in [1.54, 1.807) is 0 Å². The first-order valence-corrected chi connectivity index (χ1v) is 19.9. The highest BCUT2D eigenvalue weighted by Gasteiger charge is 2.64. The van der Waals surface area contributed by atoms with Crippen LogP contribution in [-0.2, 0) is 25.8 Å². The molecule has 2 fully saturated rings. The molecule has 2 aliphatic rings. The van der Waals surface area contributed by atoms with E-state index in [2.05, 4.69) is 91.9 Å². The van der Waals surface area contributed by atoms with Crippen LogP contribution in [-0.4, -0.2) is 31.1 Å². The highest BCUT2D eigenvalue weighted by Crippen LogP contribution is 2.64. The fourth-order valence-electron chi connectivity index (χ4n) is 7.21. The number of unbranched alkanes of at least 4 members (excludes halogenated alkanes) is 8. The predicted molar refractivity (Wildman–Crippen MR) is 187 cm³/mol. The van der Waals surface area contributed by atoms with E-state index in [1.807, 2.05) is 13.8 Å². The number of hydrogen-bond donors (Lipinski definition) is 0. The van der Waals surface area contributed by atoms with Crippen LogP contribution in [0.15, 0.2) is 99.6 Å². The Morgan fingerprint density at radius 3 is 1.72 bits per heavy atom. The molecule has 0 saturated heterocycles. The standard InChI is InChI=1S/C29H37OS.C10H16O4S/c1-2-3-4-5-6-7-8-9-16-25-30-26-21-23-29(24-22-26)31(27-17-12-10-13-18-27)28-19-14-11-15-20-28;1-9(2)7-3-4-10(9,8(11)5-7)6-15(12,13)14/h10-15,17-24H,2-9,16,25H2,1H3;7H,3-6H2,1-2H3,(H,12,13,14)/q+1;/p-1. The second-order valence-corrected chi connectivity index (χ2v) is 16.9. The molecule has 0 amide bonds. The SMILES string of the molecule is CC1(C)C2CCC1(CS(=O)(=O)[O-])C(=O)C2.CCCCCCCCCCCOc1ccc([S+](c2ccccc2)c2ccccc2)cc1. The summed E-state index contributed by atoms with van der Waals surface area (Å²) in [6.45, 7) is 6.93. The van der Waals surface area contributed by atoms with Crippen molar-refractivity contribution in [1.29, 1.82) is 0 Å². The summed E-state index contributed by atoms with van der Waals surface area (Å²) in [4.78, 5) is 15.9. The molecule has 5 nitrogen and oxygen atoms in total. The third-order valence-corrected chi connectivity index (χ3v) is 13.2. The minimum atomic E-state index is -4.33. The van der Waals surface area contributed by atoms with Crippen molar-refractivity contribution in [2.24, 2.45) is 16.7 Å². The lowest BCUT2D eigenvalue weighted by Crippen LogP contribution is -2.42. The van der Waals surface area contributed by atoms with Crippen LogP contribution >= 0.6 is 0 Å². The number of carbonyl (C=O) groups is 1. The largest absolute Gasteiger partial charge is 0.748 e. The Balaban J connectivity index is 0.000000266. The van der Waals surface area contributed by atoms with Gasteiger partial charge in [-0.2, -0.15) is 0 Å². The first-order valence-electron chi connectivity index (χ1n) is 17.1. The molecule has 7 heteroatoms. The molecule has 5 rings (SSSR count). The van der Waals surface area contributed by atoms with Crippen molar-refractivity contribution >= 4 is 26.8 Å². The highest BCUT2D eigenvalue weighted by molar-refractivity contribution is 7.97. The zero-order valence-electron chi connectivity index (χ0n) is 27.9. The third-order valence-electron chi connectivity index (χ3n) is 10.1. The lowest BCUT2D eigenvalue weighted by atomic mass is 9.70. The minimum Gasteiger partial charge on any atom is -0.748 e. The monoisotopic (exact) mass is 664 g/mol. The Morgan fingerprint density at radius 2 is 1.26 bits per heavy atom. The molecular formula is C39H52O5S2. The molecule has 2 bridgehead atoms. The van der Waals surface area contributed by atoms with E-state index in [-0.39, 0.29) is 28.0 Å². The van der Waals surface area contributed by atoms with Gasteiger partial charge in [-0.25, -0.2) is 8.42 Å². The maximum Gasteiger partial charge on any atom is 0.166 e. The van der Waals surface area contributed by atoms with Crippen molar-refractivity contribution in [1.82, 2.24) is 0 Å². The molecule has 0 aliphatic heterocycles. The van der Waals surface area contributed by atoms with Crippen LogP contribution in [0.5, 0.6) is 5.75 Å². The fraction of sp³-hybridized carbons (Fsp3) is 0.513. The number of benzene rings is 3. The third kappa shape index (κ3) is 9.48. The zero-order chi connectivity index (χ0) is 33.0. The van der Waals surface area contributed by atoms with Crippen molar-refractivity contribution in [2.45, 2.75) is 113 Å². The molecular weight excluding hydrogens is 613 g/mol. The van der Waals surface area contributed by atoms with E-state index in [0.717, 1.165) is 25.2 Å². The summed E-state index contributed by atoms with van der Waals surface area (Å²) in [5.41, 5.74) is -1.22.